The highest BCUT2D eigenvalue weighted by molar-refractivity contribution is 5.37. The molecule has 2 unspecified atom stereocenters. The molecule has 0 saturated carbocycles. The Kier molecular flexibility index (Phi) is 4.07. The Morgan fingerprint density at radius 3 is 2.70 bits per heavy atom. The number of benzene rings is 1. The maximum absolute atomic E-state index is 9.86. The first-order valence-corrected chi connectivity index (χ1v) is 7.48. The molecule has 1 aromatic carbocycles. The van der Waals surface area contributed by atoms with Crippen molar-refractivity contribution in [3.05, 3.63) is 35.4 Å². The molecule has 106 valence electrons. The molecule has 2 saturated heterocycles. The highest BCUT2D eigenvalue weighted by Crippen LogP contribution is 2.36. The predicted octanol–water partition coefficient (Wildman–Crippen LogP) is 1.48. The van der Waals surface area contributed by atoms with Crippen molar-refractivity contribution in [2.24, 2.45) is 5.73 Å². The number of fused-ring (bicyclic) bond motifs is 2. The summed E-state index contributed by atoms with van der Waals surface area (Å²) in [5.41, 5.74) is 7.76. The largest absolute Gasteiger partial charge is 0.393 e. The van der Waals surface area contributed by atoms with Gasteiger partial charge in [0.2, 0.25) is 0 Å². The fourth-order valence-electron chi connectivity index (χ4n) is 3.61. The molecule has 3 rings (SSSR count). The van der Waals surface area contributed by atoms with Gasteiger partial charge in [0.25, 0.3) is 0 Å². The van der Waals surface area contributed by atoms with Crippen molar-refractivity contribution in [1.29, 1.82) is 0 Å². The van der Waals surface area contributed by atoms with Gasteiger partial charge in [-0.05, 0) is 43.4 Å². The van der Waals surface area contributed by atoms with Crippen molar-refractivity contribution in [2.45, 2.75) is 50.4 Å². The van der Waals surface area contributed by atoms with Gasteiger partial charge in [-0.1, -0.05) is 24.0 Å². The van der Waals surface area contributed by atoms with Crippen molar-refractivity contribution in [1.82, 2.24) is 4.90 Å². The lowest BCUT2D eigenvalue weighted by Crippen LogP contribution is -2.44. The van der Waals surface area contributed by atoms with Crippen LogP contribution in [0.4, 0.5) is 0 Å². The van der Waals surface area contributed by atoms with Crippen LogP contribution in [-0.4, -0.2) is 34.7 Å². The Hall–Kier alpha value is -1.34. The van der Waals surface area contributed by atoms with E-state index in [0.717, 1.165) is 24.9 Å². The van der Waals surface area contributed by atoms with E-state index in [2.05, 4.69) is 34.9 Å². The molecule has 0 aliphatic carbocycles. The minimum atomic E-state index is -0.0921. The molecule has 3 heteroatoms. The molecule has 20 heavy (non-hydrogen) atoms. The average molecular weight is 270 g/mol. The molecule has 2 bridgehead atoms. The van der Waals surface area contributed by atoms with E-state index < -0.39 is 0 Å². The highest BCUT2D eigenvalue weighted by Gasteiger charge is 2.39. The number of nitrogens with two attached hydrogens (primary N) is 1. The lowest BCUT2D eigenvalue weighted by molar-refractivity contribution is 0.0310. The summed E-state index contributed by atoms with van der Waals surface area (Å²) >= 11 is 0. The van der Waals surface area contributed by atoms with Crippen LogP contribution in [-0.2, 0) is 6.54 Å². The number of rotatable bonds is 2. The monoisotopic (exact) mass is 270 g/mol. The van der Waals surface area contributed by atoms with Gasteiger partial charge in [0.05, 0.1) is 12.6 Å². The van der Waals surface area contributed by atoms with Gasteiger partial charge in [0.1, 0.15) is 0 Å². The number of nitrogens with zero attached hydrogens (tertiary/aromatic N) is 1. The van der Waals surface area contributed by atoms with Gasteiger partial charge < -0.3 is 10.8 Å². The molecule has 2 heterocycles. The molecule has 3 N–H and O–H groups in total. The van der Waals surface area contributed by atoms with Gasteiger partial charge in [0, 0.05) is 24.2 Å². The maximum atomic E-state index is 9.86. The molecule has 0 aromatic heterocycles. The van der Waals surface area contributed by atoms with Gasteiger partial charge in [-0.2, -0.15) is 0 Å². The zero-order valence-electron chi connectivity index (χ0n) is 11.8. The number of hydrogen-bond acceptors (Lipinski definition) is 3. The van der Waals surface area contributed by atoms with Crippen molar-refractivity contribution in [2.75, 3.05) is 6.54 Å². The van der Waals surface area contributed by atoms with E-state index >= 15 is 0 Å². The molecular formula is C17H22N2O. The van der Waals surface area contributed by atoms with E-state index in [-0.39, 0.29) is 6.10 Å². The summed E-state index contributed by atoms with van der Waals surface area (Å²) < 4.78 is 0. The Labute approximate surface area is 120 Å². The van der Waals surface area contributed by atoms with Crippen LogP contribution in [0.1, 0.15) is 36.8 Å². The Morgan fingerprint density at radius 1 is 1.25 bits per heavy atom. The van der Waals surface area contributed by atoms with Crippen LogP contribution in [0, 0.1) is 11.8 Å². The molecule has 2 aliphatic heterocycles. The first kappa shape index (κ1) is 13.6. The van der Waals surface area contributed by atoms with Gasteiger partial charge in [-0.3, -0.25) is 4.90 Å². The van der Waals surface area contributed by atoms with Crippen LogP contribution in [0.15, 0.2) is 24.3 Å². The quantitative estimate of drug-likeness (QED) is 0.800. The summed E-state index contributed by atoms with van der Waals surface area (Å²) in [6.45, 7) is 1.37. The van der Waals surface area contributed by atoms with Gasteiger partial charge >= 0.3 is 0 Å². The van der Waals surface area contributed by atoms with Crippen molar-refractivity contribution in [3.63, 3.8) is 0 Å². The summed E-state index contributed by atoms with van der Waals surface area (Å²) in [4.78, 5) is 2.57. The number of aliphatic hydroxyl groups excluding tert-OH is 1. The number of piperidine rings is 1. The molecule has 2 fully saturated rings. The Bertz CT molecular complexity index is 517. The fourth-order valence-corrected chi connectivity index (χ4v) is 3.61. The number of hydrogen-bond donors (Lipinski definition) is 2. The van der Waals surface area contributed by atoms with Crippen LogP contribution in [0.25, 0.3) is 0 Å². The Morgan fingerprint density at radius 2 is 2.00 bits per heavy atom. The normalized spacial score (nSPS) is 29.0. The maximum Gasteiger partial charge on any atom is 0.0570 e. The third-order valence-electron chi connectivity index (χ3n) is 4.49. The molecule has 0 radical (unpaired) electrons. The molecule has 1 aromatic rings. The smallest absolute Gasteiger partial charge is 0.0570 e. The molecule has 0 amide bonds. The minimum Gasteiger partial charge on any atom is -0.393 e. The lowest BCUT2D eigenvalue weighted by atomic mass is 9.99. The van der Waals surface area contributed by atoms with E-state index in [1.165, 1.54) is 18.4 Å². The van der Waals surface area contributed by atoms with Crippen molar-refractivity contribution < 1.29 is 5.11 Å². The average Bonchev–Trinajstić information content (AvgIpc) is 2.69. The molecule has 3 nitrogen and oxygen atoms in total. The third-order valence-corrected chi connectivity index (χ3v) is 4.49. The SMILES string of the molecule is NCC#Cc1cccc(CN2C3CCC2CC(O)C3)c1. The fraction of sp³-hybridized carbons (Fsp3) is 0.529. The summed E-state index contributed by atoms with van der Waals surface area (Å²) in [6, 6.07) is 9.53. The van der Waals surface area contributed by atoms with Crippen LogP contribution in [0.2, 0.25) is 0 Å². The molecule has 2 atom stereocenters. The summed E-state index contributed by atoms with van der Waals surface area (Å²) in [7, 11) is 0. The van der Waals surface area contributed by atoms with E-state index in [0.29, 0.717) is 18.6 Å². The molecular weight excluding hydrogens is 248 g/mol. The molecule has 0 spiro atoms. The predicted molar refractivity (Wildman–Crippen MR) is 80.0 cm³/mol. The zero-order valence-corrected chi connectivity index (χ0v) is 11.8. The topological polar surface area (TPSA) is 49.5 Å². The van der Waals surface area contributed by atoms with Crippen molar-refractivity contribution >= 4 is 0 Å². The first-order valence-electron chi connectivity index (χ1n) is 7.48. The second kappa shape index (κ2) is 5.97. The molecule has 2 aliphatic rings. The highest BCUT2D eigenvalue weighted by atomic mass is 16.3. The second-order valence-corrected chi connectivity index (χ2v) is 5.89. The third kappa shape index (κ3) is 2.88. The lowest BCUT2D eigenvalue weighted by Gasteiger charge is -2.37. The van der Waals surface area contributed by atoms with E-state index in [1.54, 1.807) is 0 Å². The van der Waals surface area contributed by atoms with Gasteiger partial charge in [-0.15, -0.1) is 0 Å². The van der Waals surface area contributed by atoms with Gasteiger partial charge in [-0.25, -0.2) is 0 Å². The minimum absolute atomic E-state index is 0.0921. The van der Waals surface area contributed by atoms with E-state index in [1.807, 2.05) is 6.07 Å². The van der Waals surface area contributed by atoms with Crippen LogP contribution in [0.5, 0.6) is 0 Å². The standard InChI is InChI=1S/C17H22N2O/c18-8-2-5-13-3-1-4-14(9-13)12-19-15-6-7-16(19)11-17(20)10-15/h1,3-4,9,15-17,20H,6-8,10-12,18H2. The van der Waals surface area contributed by atoms with Crippen LogP contribution >= 0.6 is 0 Å². The van der Waals surface area contributed by atoms with Crippen LogP contribution < -0.4 is 5.73 Å². The number of aliphatic hydroxyl groups is 1. The van der Waals surface area contributed by atoms with E-state index in [9.17, 15) is 5.11 Å². The van der Waals surface area contributed by atoms with Crippen LogP contribution in [0.3, 0.4) is 0 Å². The zero-order chi connectivity index (χ0) is 13.9. The summed E-state index contributed by atoms with van der Waals surface area (Å²) in [6.07, 6.45) is 4.24. The van der Waals surface area contributed by atoms with Crippen molar-refractivity contribution in [3.8, 4) is 11.8 Å². The first-order chi connectivity index (χ1) is 9.76. The second-order valence-electron chi connectivity index (χ2n) is 5.89. The van der Waals surface area contributed by atoms with E-state index in [4.69, 9.17) is 5.73 Å². The van der Waals surface area contributed by atoms with Gasteiger partial charge in [0.15, 0.2) is 0 Å². The summed E-state index contributed by atoms with van der Waals surface area (Å²) in [5, 5.41) is 9.86. The summed E-state index contributed by atoms with van der Waals surface area (Å²) in [5.74, 6) is 6.00. The Balaban J connectivity index is 1.72.